The maximum Gasteiger partial charge on any atom is 0.338 e. The quantitative estimate of drug-likeness (QED) is 0.0411. The first-order valence-electron chi connectivity index (χ1n) is 21.4. The van der Waals surface area contributed by atoms with Crippen molar-refractivity contribution < 1.29 is 29.3 Å². The van der Waals surface area contributed by atoms with Crippen molar-refractivity contribution in [3.05, 3.63) is 29.3 Å². The molecule has 52 heavy (non-hydrogen) atoms. The second-order valence-corrected chi connectivity index (χ2v) is 15.5. The Kier molecular flexibility index (Phi) is 29.0. The Morgan fingerprint density at radius 3 is 1.71 bits per heavy atom. The molecule has 8 heteroatoms. The lowest BCUT2D eigenvalue weighted by atomic mass is 9.95. The lowest BCUT2D eigenvalue weighted by Gasteiger charge is -2.27. The van der Waals surface area contributed by atoms with Crippen LogP contribution in [0.4, 0.5) is 0 Å². The van der Waals surface area contributed by atoms with Gasteiger partial charge < -0.3 is 24.6 Å². The van der Waals surface area contributed by atoms with E-state index in [-0.39, 0.29) is 24.3 Å². The zero-order chi connectivity index (χ0) is 38.4. The summed E-state index contributed by atoms with van der Waals surface area (Å²) in [5, 5.41) is 21.9. The van der Waals surface area contributed by atoms with Gasteiger partial charge in [-0.1, -0.05) is 130 Å². The molecule has 302 valence electrons. The van der Waals surface area contributed by atoms with Gasteiger partial charge in [-0.05, 0) is 82.4 Å². The Balaban J connectivity index is 2.71. The summed E-state index contributed by atoms with van der Waals surface area (Å²) in [5.41, 5.74) is 1.29. The molecule has 1 rings (SSSR count). The van der Waals surface area contributed by atoms with Crippen LogP contribution in [0.25, 0.3) is 0 Å². The molecule has 1 aromatic carbocycles. The highest BCUT2D eigenvalue weighted by Gasteiger charge is 2.20. The molecule has 0 saturated carbocycles. The molecule has 0 aromatic heterocycles. The second kappa shape index (κ2) is 31.4. The van der Waals surface area contributed by atoms with E-state index >= 15 is 0 Å². The van der Waals surface area contributed by atoms with E-state index in [0.29, 0.717) is 44.0 Å². The monoisotopic (exact) mass is 733 g/mol. The van der Waals surface area contributed by atoms with Crippen molar-refractivity contribution in [3.63, 3.8) is 0 Å². The lowest BCUT2D eigenvalue weighted by molar-refractivity contribution is -0.134. The molecule has 0 bridgehead atoms. The Morgan fingerprint density at radius 2 is 1.21 bits per heavy atom. The Labute approximate surface area is 319 Å². The number of esters is 2. The SMILES string of the molecule is CCCCCCCCCCC(O)CN(CCCC(=O)Oc1ccc(C(=O)OCCCN(C)C)cc1C(C)CC)CC(O)CCCCCCCCCC. The van der Waals surface area contributed by atoms with E-state index in [9.17, 15) is 19.8 Å². The van der Waals surface area contributed by atoms with Crippen LogP contribution in [0.1, 0.15) is 191 Å². The first-order chi connectivity index (χ1) is 25.1. The number of unbranched alkanes of at least 4 members (excludes halogenated alkanes) is 14. The number of carbonyl (C=O) groups excluding carboxylic acids is 2. The Hall–Kier alpha value is -2.00. The number of benzene rings is 1. The highest BCUT2D eigenvalue weighted by atomic mass is 16.5. The van der Waals surface area contributed by atoms with E-state index in [4.69, 9.17) is 9.47 Å². The molecular formula is C44H80N2O6. The van der Waals surface area contributed by atoms with E-state index in [2.05, 4.69) is 37.5 Å². The van der Waals surface area contributed by atoms with Crippen molar-refractivity contribution in [2.75, 3.05) is 46.9 Å². The molecule has 0 aliphatic rings. The van der Waals surface area contributed by atoms with Crippen molar-refractivity contribution >= 4 is 11.9 Å². The zero-order valence-corrected chi connectivity index (χ0v) is 34.5. The van der Waals surface area contributed by atoms with Crippen LogP contribution in [0.5, 0.6) is 5.75 Å². The van der Waals surface area contributed by atoms with Crippen LogP contribution in [0.3, 0.4) is 0 Å². The van der Waals surface area contributed by atoms with Crippen molar-refractivity contribution in [1.82, 2.24) is 9.80 Å². The normalized spacial score (nSPS) is 13.4. The molecule has 0 aliphatic heterocycles. The molecule has 2 N–H and O–H groups in total. The van der Waals surface area contributed by atoms with Crippen LogP contribution in [0, 0.1) is 0 Å². The summed E-state index contributed by atoms with van der Waals surface area (Å²) in [5.74, 6) is -0.0928. The summed E-state index contributed by atoms with van der Waals surface area (Å²) < 4.78 is 11.4. The first-order valence-corrected chi connectivity index (χ1v) is 21.4. The summed E-state index contributed by atoms with van der Waals surface area (Å²) in [6, 6.07) is 5.19. The minimum absolute atomic E-state index is 0.102. The molecule has 0 spiro atoms. The van der Waals surface area contributed by atoms with Gasteiger partial charge in [0.05, 0.1) is 24.4 Å². The molecule has 3 unspecified atom stereocenters. The summed E-state index contributed by atoms with van der Waals surface area (Å²) >= 11 is 0. The van der Waals surface area contributed by atoms with Crippen LogP contribution >= 0.6 is 0 Å². The number of carbonyl (C=O) groups is 2. The number of aliphatic hydroxyl groups excluding tert-OH is 2. The summed E-state index contributed by atoms with van der Waals surface area (Å²) in [4.78, 5) is 30.0. The van der Waals surface area contributed by atoms with Gasteiger partial charge in [0, 0.05) is 26.1 Å². The fraction of sp³-hybridized carbons (Fsp3) is 0.818. The van der Waals surface area contributed by atoms with Crippen LogP contribution in [0.2, 0.25) is 0 Å². The van der Waals surface area contributed by atoms with E-state index in [1.807, 2.05) is 14.1 Å². The number of ether oxygens (including phenoxy) is 2. The van der Waals surface area contributed by atoms with E-state index in [1.54, 1.807) is 18.2 Å². The van der Waals surface area contributed by atoms with Gasteiger partial charge >= 0.3 is 11.9 Å². The second-order valence-electron chi connectivity index (χ2n) is 15.5. The highest BCUT2D eigenvalue weighted by Crippen LogP contribution is 2.30. The number of hydrogen-bond acceptors (Lipinski definition) is 8. The molecule has 3 atom stereocenters. The van der Waals surface area contributed by atoms with Gasteiger partial charge in [-0.3, -0.25) is 9.69 Å². The van der Waals surface area contributed by atoms with Crippen molar-refractivity contribution in [2.24, 2.45) is 0 Å². The van der Waals surface area contributed by atoms with Crippen molar-refractivity contribution in [2.45, 2.75) is 187 Å². The Bertz CT molecular complexity index is 1010. The average Bonchev–Trinajstić information content (AvgIpc) is 3.11. The Morgan fingerprint density at radius 1 is 0.692 bits per heavy atom. The molecule has 1 aromatic rings. The summed E-state index contributed by atoms with van der Waals surface area (Å²) in [7, 11) is 3.98. The first kappa shape index (κ1) is 48.0. The van der Waals surface area contributed by atoms with Crippen LogP contribution < -0.4 is 4.74 Å². The van der Waals surface area contributed by atoms with E-state index < -0.39 is 12.2 Å². The predicted octanol–water partition coefficient (Wildman–Crippen LogP) is 10.1. The molecule has 0 fully saturated rings. The lowest BCUT2D eigenvalue weighted by Crippen LogP contribution is -2.39. The van der Waals surface area contributed by atoms with Gasteiger partial charge in [0.2, 0.25) is 0 Å². The van der Waals surface area contributed by atoms with Crippen molar-refractivity contribution in [3.8, 4) is 5.75 Å². The number of aliphatic hydroxyl groups is 2. The van der Waals surface area contributed by atoms with E-state index in [1.165, 1.54) is 77.0 Å². The maximum atomic E-state index is 13.1. The average molecular weight is 733 g/mol. The topological polar surface area (TPSA) is 99.5 Å². The van der Waals surface area contributed by atoms with Gasteiger partial charge in [-0.2, -0.15) is 0 Å². The van der Waals surface area contributed by atoms with Gasteiger partial charge in [0.15, 0.2) is 0 Å². The third-order valence-corrected chi connectivity index (χ3v) is 10.2. The standard InChI is InChI=1S/C44H80N2O6/c1-7-10-12-14-16-18-20-22-26-39(47)35-46(36-40(48)27-23-21-19-17-15-13-11-8-2)32-24-28-43(49)52-42-30-29-38(34-41(42)37(4)9-3)44(50)51-33-25-31-45(5)6/h29-30,34,37,39-40,47-48H,7-28,31-33,35-36H2,1-6H3. The maximum absolute atomic E-state index is 13.1. The zero-order valence-electron chi connectivity index (χ0n) is 34.5. The summed E-state index contributed by atoms with van der Waals surface area (Å²) in [6.07, 6.45) is 22.8. The van der Waals surface area contributed by atoms with Crippen LogP contribution in [-0.2, 0) is 9.53 Å². The van der Waals surface area contributed by atoms with Crippen molar-refractivity contribution in [1.29, 1.82) is 0 Å². The number of nitrogens with zero attached hydrogens (tertiary/aromatic N) is 2. The smallest absolute Gasteiger partial charge is 0.338 e. The van der Waals surface area contributed by atoms with E-state index in [0.717, 1.165) is 63.5 Å². The molecule has 0 amide bonds. The minimum atomic E-state index is -0.446. The number of rotatable bonds is 34. The molecule has 8 nitrogen and oxygen atoms in total. The molecule has 0 aliphatic carbocycles. The van der Waals surface area contributed by atoms with Gasteiger partial charge in [-0.15, -0.1) is 0 Å². The molecule has 0 heterocycles. The summed E-state index contributed by atoms with van der Waals surface area (Å²) in [6.45, 7) is 11.4. The third kappa shape index (κ3) is 24.3. The highest BCUT2D eigenvalue weighted by molar-refractivity contribution is 5.90. The fourth-order valence-electron chi connectivity index (χ4n) is 6.69. The molecule has 0 radical (unpaired) electrons. The predicted molar refractivity (Wildman–Crippen MR) is 216 cm³/mol. The molecular weight excluding hydrogens is 652 g/mol. The number of hydrogen-bond donors (Lipinski definition) is 2. The van der Waals surface area contributed by atoms with Gasteiger partial charge in [0.25, 0.3) is 0 Å². The minimum Gasteiger partial charge on any atom is -0.462 e. The fourth-order valence-corrected chi connectivity index (χ4v) is 6.69. The van der Waals surface area contributed by atoms with Gasteiger partial charge in [0.1, 0.15) is 5.75 Å². The van der Waals surface area contributed by atoms with Gasteiger partial charge in [-0.25, -0.2) is 4.79 Å². The third-order valence-electron chi connectivity index (χ3n) is 10.2. The largest absolute Gasteiger partial charge is 0.462 e. The van der Waals surface area contributed by atoms with Crippen LogP contribution in [0.15, 0.2) is 18.2 Å². The van der Waals surface area contributed by atoms with Crippen LogP contribution in [-0.4, -0.2) is 91.0 Å². The molecule has 0 saturated heterocycles.